The summed E-state index contributed by atoms with van der Waals surface area (Å²) in [7, 11) is -9.83. The van der Waals surface area contributed by atoms with Crippen LogP contribution in [0.3, 0.4) is 0 Å². The largest absolute Gasteiger partial charge is 0.472 e. The van der Waals surface area contributed by atoms with Gasteiger partial charge in [0, 0.05) is 19.3 Å². The van der Waals surface area contributed by atoms with E-state index < -0.39 is 91.5 Å². The van der Waals surface area contributed by atoms with Crippen LogP contribution >= 0.6 is 15.6 Å². The Bertz CT molecular complexity index is 3190. The van der Waals surface area contributed by atoms with Gasteiger partial charge in [-0.3, -0.25) is 32.5 Å². The Balaban J connectivity index is 4.64. The van der Waals surface area contributed by atoms with Crippen LogP contribution in [0.15, 0.2) is 219 Å². The van der Waals surface area contributed by atoms with Crippen LogP contribution in [-0.2, 0) is 55.8 Å². The van der Waals surface area contributed by atoms with Crippen molar-refractivity contribution in [1.29, 1.82) is 0 Å². The minimum Gasteiger partial charge on any atom is -0.463 e. The lowest BCUT2D eigenvalue weighted by molar-refractivity contribution is -0.161. The molecule has 0 heterocycles. The van der Waals surface area contributed by atoms with Crippen LogP contribution in [0.2, 0.25) is 0 Å². The molecule has 0 aromatic carbocycles. The van der Waals surface area contributed by atoms with E-state index in [0.29, 0.717) is 19.3 Å². The second-order valence-corrected chi connectivity index (χ2v) is 35.7. The third kappa shape index (κ3) is 100. The van der Waals surface area contributed by atoms with Crippen molar-refractivity contribution in [3.05, 3.63) is 219 Å². The first kappa shape index (κ1) is 121. The predicted octanol–water partition coefficient (Wildman–Crippen LogP) is 31.7. The molecule has 0 fully saturated rings. The lowest BCUT2D eigenvalue weighted by Gasteiger charge is -2.21. The Morgan fingerprint density at radius 2 is 0.394 bits per heavy atom. The maximum atomic E-state index is 13.1. The van der Waals surface area contributed by atoms with Crippen molar-refractivity contribution in [1.82, 2.24) is 0 Å². The molecule has 5 atom stereocenters. The molecular weight excluding hydrogens is 1630 g/mol. The number of hydrogen-bond acceptors (Lipinski definition) is 14. The Morgan fingerprint density at radius 1 is 0.220 bits per heavy atom. The van der Waals surface area contributed by atoms with Gasteiger partial charge in [-0.2, -0.15) is 0 Å². The number of rotatable bonds is 93. The minimum atomic E-state index is -4.96. The van der Waals surface area contributed by atoms with E-state index in [1.165, 1.54) is 122 Å². The maximum absolute atomic E-state index is 13.1. The zero-order chi connectivity index (χ0) is 92.1. The molecule has 0 spiro atoms. The third-order valence-electron chi connectivity index (χ3n) is 20.7. The number of hydrogen-bond donors (Lipinski definition) is 4. The van der Waals surface area contributed by atoms with Gasteiger partial charge >= 0.3 is 33.6 Å². The van der Waals surface area contributed by atoms with Crippen molar-refractivity contribution in [3.8, 4) is 0 Å². The number of aliphatic hydroxyl groups is 2. The van der Waals surface area contributed by atoms with E-state index >= 15 is 0 Å². The fourth-order valence-corrected chi connectivity index (χ4v) is 14.8. The molecule has 0 aromatic heterocycles. The van der Waals surface area contributed by atoms with E-state index in [9.17, 15) is 43.5 Å². The molecule has 722 valence electrons. The molecule has 0 amide bonds. The molecular formula is C109H180O16P2. The molecule has 0 aliphatic rings. The van der Waals surface area contributed by atoms with Gasteiger partial charge in [-0.05, 0) is 173 Å². The van der Waals surface area contributed by atoms with Crippen LogP contribution in [0.1, 0.15) is 393 Å². The molecule has 0 saturated carbocycles. The Morgan fingerprint density at radius 3 is 0.622 bits per heavy atom. The number of allylic oxidation sites excluding steroid dienone is 36. The Hall–Kier alpha value is -6.13. The summed E-state index contributed by atoms with van der Waals surface area (Å²) >= 11 is 0. The lowest BCUT2D eigenvalue weighted by Crippen LogP contribution is -2.30. The van der Waals surface area contributed by atoms with Crippen LogP contribution < -0.4 is 0 Å². The molecule has 0 rings (SSSR count). The quantitative estimate of drug-likeness (QED) is 0.0146. The molecule has 0 aromatic rings. The van der Waals surface area contributed by atoms with E-state index in [0.717, 1.165) is 212 Å². The number of ether oxygens (including phenoxy) is 3. The van der Waals surface area contributed by atoms with Crippen molar-refractivity contribution in [2.45, 2.75) is 411 Å². The van der Waals surface area contributed by atoms with Crippen LogP contribution in [-0.4, -0.2) is 95.9 Å². The molecule has 0 aliphatic heterocycles. The molecule has 4 N–H and O–H groups in total. The summed E-state index contributed by atoms with van der Waals surface area (Å²) in [6, 6.07) is 0. The normalized spacial score (nSPS) is 14.6. The van der Waals surface area contributed by atoms with E-state index in [-0.39, 0.29) is 19.3 Å². The Labute approximate surface area is 774 Å². The molecule has 0 radical (unpaired) electrons. The standard InChI is InChI=1S/C109H180O16P2/c1-4-7-10-13-16-19-22-25-28-31-34-37-40-43-45-47-49-51-53-55-57-60-62-65-68-71-74-77-80-83-86-89-92-95-107(112)119-98-104(110)99-121-126(115,116)122-100-105(111)101-123-127(117,118)124-103-106(125-109(114)97-94-91-88-85-82-79-76-73-70-67-64-59-42-39-36-33-30-27-24-21-18-15-12-9-6-3)102-120-108(113)96-93-90-87-84-81-78-75-72-69-66-63-61-58-56-54-52-50-48-46-44-41-38-35-32-29-26-23-20-17-14-11-8-5-2/h7-12,16-21,25-30,34-39,43-46,49-52,59,64,70,73,104-106,110-111H,4-6,13-15,22-24,31-33,40-42,47-48,53-58,60-63,65-69,71-72,74-103H2,1-3H3,(H,115,116)(H,117,118)/b10-7-,11-8-,12-9-,19-16-,20-17-,21-18-,28-25-,29-26-,30-27-,37-34-,38-35-,39-36-,45-43-,46-44-,51-49-,52-50-,64-59-,73-70-. The van der Waals surface area contributed by atoms with Crippen molar-refractivity contribution < 1.29 is 75.8 Å². The van der Waals surface area contributed by atoms with Crippen LogP contribution in [0.4, 0.5) is 0 Å². The molecule has 0 saturated heterocycles. The molecule has 0 bridgehead atoms. The number of phosphoric ester groups is 2. The molecule has 16 nitrogen and oxygen atoms in total. The second kappa shape index (κ2) is 98.9. The summed E-state index contributed by atoms with van der Waals surface area (Å²) in [6.45, 7) is 2.36. The van der Waals surface area contributed by atoms with Crippen molar-refractivity contribution >= 4 is 33.6 Å². The van der Waals surface area contributed by atoms with Gasteiger partial charge in [-0.15, -0.1) is 0 Å². The second-order valence-electron chi connectivity index (χ2n) is 32.8. The van der Waals surface area contributed by atoms with Gasteiger partial charge in [-0.25, -0.2) is 9.13 Å². The Kier molecular flexibility index (Phi) is 94.1. The van der Waals surface area contributed by atoms with Crippen molar-refractivity contribution in [2.24, 2.45) is 0 Å². The highest BCUT2D eigenvalue weighted by molar-refractivity contribution is 7.47. The molecule has 18 heteroatoms. The highest BCUT2D eigenvalue weighted by Gasteiger charge is 2.30. The third-order valence-corrected chi connectivity index (χ3v) is 22.6. The van der Waals surface area contributed by atoms with E-state index in [2.05, 4.69) is 240 Å². The molecule has 0 aliphatic carbocycles. The number of carbonyl (C=O) groups excluding carboxylic acids is 3. The van der Waals surface area contributed by atoms with Crippen LogP contribution in [0, 0.1) is 0 Å². The monoisotopic (exact) mass is 1810 g/mol. The van der Waals surface area contributed by atoms with Crippen LogP contribution in [0.25, 0.3) is 0 Å². The number of aliphatic hydroxyl groups excluding tert-OH is 2. The van der Waals surface area contributed by atoms with Gasteiger partial charge in [0.1, 0.15) is 25.4 Å². The van der Waals surface area contributed by atoms with Gasteiger partial charge < -0.3 is 34.2 Å². The van der Waals surface area contributed by atoms with Crippen molar-refractivity contribution in [2.75, 3.05) is 39.6 Å². The first-order chi connectivity index (χ1) is 62.2. The van der Waals surface area contributed by atoms with E-state index in [1.807, 2.05) is 0 Å². The van der Waals surface area contributed by atoms with Crippen molar-refractivity contribution in [3.63, 3.8) is 0 Å². The molecule has 5 unspecified atom stereocenters. The number of carbonyl (C=O) groups is 3. The first-order valence-corrected chi connectivity index (χ1v) is 53.0. The average Bonchev–Trinajstić information content (AvgIpc) is 0.899. The van der Waals surface area contributed by atoms with Gasteiger partial charge in [0.25, 0.3) is 0 Å². The fraction of sp³-hybridized carbons (Fsp3) is 0.642. The van der Waals surface area contributed by atoms with Gasteiger partial charge in [0.05, 0.1) is 26.4 Å². The van der Waals surface area contributed by atoms with Gasteiger partial charge in [0.2, 0.25) is 0 Å². The maximum Gasteiger partial charge on any atom is 0.472 e. The number of phosphoric acid groups is 2. The summed E-state index contributed by atoms with van der Waals surface area (Å²) in [5, 5.41) is 20.8. The molecule has 127 heavy (non-hydrogen) atoms. The highest BCUT2D eigenvalue weighted by atomic mass is 31.2. The zero-order valence-electron chi connectivity index (χ0n) is 79.9. The summed E-state index contributed by atoms with van der Waals surface area (Å²) < 4.78 is 61.6. The van der Waals surface area contributed by atoms with Gasteiger partial charge in [-0.1, -0.05) is 419 Å². The van der Waals surface area contributed by atoms with E-state index in [1.54, 1.807) is 0 Å². The number of unbranched alkanes of at least 4 members (excludes halogenated alkanes) is 34. The summed E-state index contributed by atoms with van der Waals surface area (Å²) in [6.07, 6.45) is 136. The lowest BCUT2D eigenvalue weighted by atomic mass is 10.0. The zero-order valence-corrected chi connectivity index (χ0v) is 81.6. The van der Waals surface area contributed by atoms with Crippen LogP contribution in [0.5, 0.6) is 0 Å². The predicted molar refractivity (Wildman–Crippen MR) is 537 cm³/mol. The average molecular weight is 1810 g/mol. The topological polar surface area (TPSA) is 231 Å². The number of esters is 3. The minimum absolute atomic E-state index is 0.0805. The summed E-state index contributed by atoms with van der Waals surface area (Å²) in [4.78, 5) is 59.2. The summed E-state index contributed by atoms with van der Waals surface area (Å²) in [5.74, 6) is -1.59. The fourth-order valence-electron chi connectivity index (χ4n) is 13.2. The van der Waals surface area contributed by atoms with E-state index in [4.69, 9.17) is 32.3 Å². The SMILES string of the molecule is CC/C=C\C/C=C\C/C=C\C/C=C\C/C=C\C/C=C\CCCCCCCCCCCCCCCCC(=O)OCC(O)COP(=O)(O)OCC(O)COP(=O)(O)OCC(COC(=O)CCCCCCCCCCCCCCCC/C=C\C/C=C\C/C=C\C/C=C\C/C=C\C/C=C\CC)OC(=O)CCCCCCCC/C=C\C/C=C\C/C=C\C/C=C\C/C=C\C/C=C\CC. The highest BCUT2D eigenvalue weighted by Crippen LogP contribution is 2.45. The summed E-state index contributed by atoms with van der Waals surface area (Å²) in [5.41, 5.74) is 0. The first-order valence-electron chi connectivity index (χ1n) is 50.0. The smallest absolute Gasteiger partial charge is 0.463 e. The van der Waals surface area contributed by atoms with Gasteiger partial charge in [0.15, 0.2) is 6.10 Å².